The monoisotopic (exact) mass is 476 g/mol. The van der Waals surface area contributed by atoms with E-state index in [2.05, 4.69) is 25.3 Å². The first-order valence-electron chi connectivity index (χ1n) is 11.3. The fraction of sp³-hybridized carbons (Fsp3) is 0.333. The molecule has 2 fully saturated rings. The second-order valence-corrected chi connectivity index (χ2v) is 8.28. The van der Waals surface area contributed by atoms with E-state index in [1.165, 1.54) is 18.6 Å². The van der Waals surface area contributed by atoms with E-state index in [1.54, 1.807) is 29.3 Å². The molecule has 4 heterocycles. The predicted octanol–water partition coefficient (Wildman–Crippen LogP) is 2.63. The van der Waals surface area contributed by atoms with Crippen LogP contribution in [-0.4, -0.2) is 69.1 Å². The lowest BCUT2D eigenvalue weighted by Crippen LogP contribution is -2.42. The van der Waals surface area contributed by atoms with Crippen molar-refractivity contribution in [2.75, 3.05) is 31.6 Å². The molecule has 180 valence electrons. The predicted molar refractivity (Wildman–Crippen MR) is 124 cm³/mol. The molecule has 2 amide bonds. The number of aromatic nitrogens is 4. The first kappa shape index (κ1) is 22.7. The van der Waals surface area contributed by atoms with E-state index in [0.29, 0.717) is 36.1 Å². The van der Waals surface area contributed by atoms with Gasteiger partial charge in [-0.2, -0.15) is 0 Å². The maximum atomic E-state index is 12.9. The van der Waals surface area contributed by atoms with Crippen molar-refractivity contribution in [3.05, 3.63) is 59.9 Å². The summed E-state index contributed by atoms with van der Waals surface area (Å²) in [5, 5.41) is 2.72. The average molecular weight is 476 g/mol. The van der Waals surface area contributed by atoms with Gasteiger partial charge in [-0.3, -0.25) is 14.6 Å². The molecule has 1 aromatic carbocycles. The van der Waals surface area contributed by atoms with Crippen LogP contribution in [0.1, 0.15) is 39.4 Å². The molecule has 2 saturated heterocycles. The third-order valence-corrected chi connectivity index (χ3v) is 5.57. The van der Waals surface area contributed by atoms with Crippen molar-refractivity contribution >= 4 is 17.6 Å². The third-order valence-electron chi connectivity index (χ3n) is 5.57. The van der Waals surface area contributed by atoms with Gasteiger partial charge >= 0.3 is 0 Å². The molecule has 3 aromatic rings. The third kappa shape index (κ3) is 5.52. The molecule has 1 atom stereocenters. The van der Waals surface area contributed by atoms with Crippen molar-refractivity contribution in [2.45, 2.75) is 25.9 Å². The molecule has 1 N–H and O–H groups in total. The number of hydrogen-bond acceptors (Lipinski definition) is 9. The van der Waals surface area contributed by atoms with Crippen LogP contribution in [0, 0.1) is 6.92 Å². The van der Waals surface area contributed by atoms with E-state index in [-0.39, 0.29) is 23.6 Å². The topological polar surface area (TPSA) is 129 Å². The summed E-state index contributed by atoms with van der Waals surface area (Å²) in [7, 11) is 0. The summed E-state index contributed by atoms with van der Waals surface area (Å²) in [5.41, 5.74) is 1.30. The minimum atomic E-state index is -0.400. The van der Waals surface area contributed by atoms with Crippen LogP contribution >= 0.6 is 0 Å². The van der Waals surface area contributed by atoms with Crippen molar-refractivity contribution in [1.82, 2.24) is 24.8 Å². The Kier molecular flexibility index (Phi) is 6.49. The number of benzene rings is 1. The Hall–Kier alpha value is -4.12. The summed E-state index contributed by atoms with van der Waals surface area (Å²) in [6.45, 7) is 4.38. The highest BCUT2D eigenvalue weighted by atomic mass is 16.5. The van der Waals surface area contributed by atoms with Crippen LogP contribution in [0.25, 0.3) is 0 Å². The highest BCUT2D eigenvalue weighted by Gasteiger charge is 2.23. The van der Waals surface area contributed by atoms with Gasteiger partial charge in [-0.25, -0.2) is 15.0 Å². The van der Waals surface area contributed by atoms with E-state index in [1.807, 2.05) is 6.92 Å². The second kappa shape index (κ2) is 10.0. The number of carbonyl (C=O) groups excluding carboxylic acids is 2. The van der Waals surface area contributed by atoms with Crippen molar-refractivity contribution < 1.29 is 23.8 Å². The fourth-order valence-corrected chi connectivity index (χ4v) is 3.56. The Balaban J connectivity index is 1.35. The van der Waals surface area contributed by atoms with Crippen LogP contribution in [0.5, 0.6) is 17.4 Å². The summed E-state index contributed by atoms with van der Waals surface area (Å²) in [6.07, 6.45) is 7.46. The van der Waals surface area contributed by atoms with Gasteiger partial charge in [-0.1, -0.05) is 0 Å². The molecule has 0 aliphatic carbocycles. The zero-order valence-corrected chi connectivity index (χ0v) is 19.1. The summed E-state index contributed by atoms with van der Waals surface area (Å²) in [6, 6.07) is 4.86. The molecule has 2 aromatic heterocycles. The molecule has 35 heavy (non-hydrogen) atoms. The van der Waals surface area contributed by atoms with Gasteiger partial charge in [0.05, 0.1) is 43.7 Å². The molecule has 5 rings (SSSR count). The lowest BCUT2D eigenvalue weighted by atomic mass is 10.2. The molecule has 2 aliphatic heterocycles. The van der Waals surface area contributed by atoms with Crippen LogP contribution < -0.4 is 14.8 Å². The van der Waals surface area contributed by atoms with Crippen LogP contribution in [0.2, 0.25) is 0 Å². The molecular weight excluding hydrogens is 452 g/mol. The molecule has 0 radical (unpaired) electrons. The maximum absolute atomic E-state index is 12.9. The van der Waals surface area contributed by atoms with Crippen LogP contribution in [0.3, 0.4) is 0 Å². The Labute approximate surface area is 201 Å². The minimum Gasteiger partial charge on any atom is -0.488 e. The number of anilines is 1. The number of rotatable bonds is 7. The summed E-state index contributed by atoms with van der Waals surface area (Å²) in [4.78, 5) is 43.6. The van der Waals surface area contributed by atoms with E-state index < -0.39 is 5.91 Å². The smallest absolute Gasteiger partial charge is 0.274 e. The van der Waals surface area contributed by atoms with Gasteiger partial charge in [-0.15, -0.1) is 0 Å². The number of nitrogens with one attached hydrogen (secondary N) is 1. The molecule has 2 aliphatic rings. The quantitative estimate of drug-likeness (QED) is 0.547. The van der Waals surface area contributed by atoms with Gasteiger partial charge in [0.15, 0.2) is 5.82 Å². The Morgan fingerprint density at radius 2 is 1.89 bits per heavy atom. The van der Waals surface area contributed by atoms with E-state index in [4.69, 9.17) is 14.2 Å². The maximum Gasteiger partial charge on any atom is 0.274 e. The molecule has 0 bridgehead atoms. The Morgan fingerprint density at radius 3 is 2.54 bits per heavy atom. The van der Waals surface area contributed by atoms with Gasteiger partial charge in [0, 0.05) is 31.1 Å². The first-order valence-corrected chi connectivity index (χ1v) is 11.3. The number of likely N-dealkylation sites (tertiary alicyclic amines) is 1. The summed E-state index contributed by atoms with van der Waals surface area (Å²) < 4.78 is 17.2. The average Bonchev–Trinajstić information content (AvgIpc) is 3.33. The lowest BCUT2D eigenvalue weighted by molar-refractivity contribution is 0.0645. The summed E-state index contributed by atoms with van der Waals surface area (Å²) >= 11 is 0. The van der Waals surface area contributed by atoms with Crippen molar-refractivity contribution in [3.63, 3.8) is 0 Å². The highest BCUT2D eigenvalue weighted by molar-refractivity contribution is 6.04. The van der Waals surface area contributed by atoms with Gasteiger partial charge < -0.3 is 24.4 Å². The fourth-order valence-electron chi connectivity index (χ4n) is 3.56. The van der Waals surface area contributed by atoms with Gasteiger partial charge in [0.25, 0.3) is 11.8 Å². The van der Waals surface area contributed by atoms with Crippen molar-refractivity contribution in [3.8, 4) is 17.4 Å². The molecular formula is C24H24N6O5. The number of carbonyl (C=O) groups is 2. The Bertz CT molecular complexity index is 1210. The van der Waals surface area contributed by atoms with Crippen LogP contribution in [0.15, 0.2) is 43.0 Å². The van der Waals surface area contributed by atoms with Gasteiger partial charge in [0.2, 0.25) is 5.88 Å². The molecule has 11 nitrogen and oxygen atoms in total. The number of nitrogens with zero attached hydrogens (tertiary/aromatic N) is 5. The standard InChI is InChI=1S/C24H24N6O5/c1-15-10-27-21(12-25-15)29-23(31)16-7-18(34-17-3-6-33-14-17)9-19(8-16)35-22-13-26-20(11-28-22)24(32)30-4-2-5-30/h7-13,17H,2-6,14H2,1H3,(H,27,29,31). The van der Waals surface area contributed by atoms with Crippen LogP contribution in [0.4, 0.5) is 5.82 Å². The van der Waals surface area contributed by atoms with Crippen molar-refractivity contribution in [1.29, 1.82) is 0 Å². The first-order chi connectivity index (χ1) is 17.0. The van der Waals surface area contributed by atoms with E-state index in [0.717, 1.165) is 31.6 Å². The molecule has 11 heteroatoms. The number of aryl methyl sites for hydroxylation is 1. The lowest BCUT2D eigenvalue weighted by Gasteiger charge is -2.30. The summed E-state index contributed by atoms with van der Waals surface area (Å²) in [5.74, 6) is 0.743. The van der Waals surface area contributed by atoms with Gasteiger partial charge in [-0.05, 0) is 25.5 Å². The zero-order chi connectivity index (χ0) is 24.2. The highest BCUT2D eigenvalue weighted by Crippen LogP contribution is 2.28. The van der Waals surface area contributed by atoms with E-state index >= 15 is 0 Å². The Morgan fingerprint density at radius 1 is 1.03 bits per heavy atom. The van der Waals surface area contributed by atoms with Crippen LogP contribution in [-0.2, 0) is 4.74 Å². The SMILES string of the molecule is Cc1cnc(NC(=O)c2cc(Oc3cnc(C(=O)N4CCC4)cn3)cc(OC3CCOC3)c2)cn1. The number of hydrogen-bond donors (Lipinski definition) is 1. The number of amides is 2. The zero-order valence-electron chi connectivity index (χ0n) is 19.1. The largest absolute Gasteiger partial charge is 0.488 e. The van der Waals surface area contributed by atoms with Crippen molar-refractivity contribution in [2.24, 2.45) is 0 Å². The molecule has 0 spiro atoms. The minimum absolute atomic E-state index is 0.115. The molecule has 0 saturated carbocycles. The van der Waals surface area contributed by atoms with Gasteiger partial charge in [0.1, 0.15) is 23.3 Å². The normalized spacial score (nSPS) is 16.9. The second-order valence-electron chi connectivity index (χ2n) is 8.28. The molecule has 1 unspecified atom stereocenters. The number of ether oxygens (including phenoxy) is 3. The van der Waals surface area contributed by atoms with E-state index in [9.17, 15) is 9.59 Å².